The summed E-state index contributed by atoms with van der Waals surface area (Å²) in [6.45, 7) is 5.11. The van der Waals surface area contributed by atoms with Crippen molar-refractivity contribution in [1.82, 2.24) is 5.32 Å². The summed E-state index contributed by atoms with van der Waals surface area (Å²) >= 11 is 0. The van der Waals surface area contributed by atoms with Gasteiger partial charge in [0.05, 0.1) is 11.6 Å². The molecule has 1 aromatic carbocycles. The van der Waals surface area contributed by atoms with Crippen LogP contribution in [0.4, 0.5) is 13.2 Å². The van der Waals surface area contributed by atoms with Gasteiger partial charge in [-0.2, -0.15) is 13.2 Å². The van der Waals surface area contributed by atoms with E-state index in [0.29, 0.717) is 38.0 Å². The largest absolute Gasteiger partial charge is 0.416 e. The van der Waals surface area contributed by atoms with Crippen molar-refractivity contribution in [3.05, 3.63) is 35.4 Å². The number of ether oxygens (including phenoxy) is 1. The van der Waals surface area contributed by atoms with Gasteiger partial charge >= 0.3 is 6.18 Å². The van der Waals surface area contributed by atoms with E-state index in [9.17, 15) is 18.0 Å². The molecular formula is C19H28ClF3N2O2. The summed E-state index contributed by atoms with van der Waals surface area (Å²) in [5.74, 6) is 0.0211. The van der Waals surface area contributed by atoms with Crippen molar-refractivity contribution >= 4 is 18.3 Å². The maximum Gasteiger partial charge on any atom is 0.416 e. The van der Waals surface area contributed by atoms with Crippen molar-refractivity contribution in [1.29, 1.82) is 0 Å². The quantitative estimate of drug-likeness (QED) is 0.754. The first kappa shape index (κ1) is 23.7. The molecule has 0 unspecified atom stereocenters. The molecule has 2 rings (SSSR count). The number of benzene rings is 1. The molecule has 0 aromatic heterocycles. The number of alkyl halides is 3. The summed E-state index contributed by atoms with van der Waals surface area (Å²) in [5, 5.41) is 2.85. The highest BCUT2D eigenvalue weighted by Crippen LogP contribution is 2.37. The summed E-state index contributed by atoms with van der Waals surface area (Å²) in [5.41, 5.74) is 5.23. The highest BCUT2D eigenvalue weighted by Gasteiger charge is 2.38. The lowest BCUT2D eigenvalue weighted by molar-refractivity contribution is -0.137. The minimum absolute atomic E-state index is 0. The molecule has 154 valence electrons. The third kappa shape index (κ3) is 6.36. The second-order valence-corrected chi connectivity index (χ2v) is 7.43. The Balaban J connectivity index is 0.00000364. The molecule has 1 heterocycles. The molecule has 1 aliphatic heterocycles. The standard InChI is InChI=1S/C19H27F3N2O2.ClH/c1-13(2)10-16(23)17(25)24-12-18(6-8-26-9-7-18)14-4-3-5-15(11-14)19(20,21)22;/h3-5,11,13,16H,6-10,12,23H2,1-2H3,(H,24,25);1H/t16-;/m0./s1. The summed E-state index contributed by atoms with van der Waals surface area (Å²) in [6, 6.07) is 4.75. The van der Waals surface area contributed by atoms with E-state index in [2.05, 4.69) is 5.32 Å². The van der Waals surface area contributed by atoms with Crippen LogP contribution >= 0.6 is 12.4 Å². The van der Waals surface area contributed by atoms with Gasteiger partial charge in [-0.25, -0.2) is 0 Å². The molecule has 0 aliphatic carbocycles. The van der Waals surface area contributed by atoms with Crippen LogP contribution in [0.1, 0.15) is 44.2 Å². The number of amides is 1. The molecule has 0 spiro atoms. The van der Waals surface area contributed by atoms with E-state index < -0.39 is 23.2 Å². The van der Waals surface area contributed by atoms with Crippen molar-refractivity contribution in [2.75, 3.05) is 19.8 Å². The molecule has 3 N–H and O–H groups in total. The molecule has 1 aliphatic rings. The SMILES string of the molecule is CC(C)C[C@H](N)C(=O)NCC1(c2cccc(C(F)(F)F)c2)CCOCC1.Cl. The third-order valence-corrected chi connectivity index (χ3v) is 4.92. The van der Waals surface area contributed by atoms with Crippen LogP contribution in [0.2, 0.25) is 0 Å². The molecule has 1 amide bonds. The van der Waals surface area contributed by atoms with Crippen LogP contribution in [-0.4, -0.2) is 31.7 Å². The van der Waals surface area contributed by atoms with E-state index in [1.54, 1.807) is 6.07 Å². The highest BCUT2D eigenvalue weighted by molar-refractivity contribution is 5.85. The molecule has 1 saturated heterocycles. The number of nitrogens with two attached hydrogens (primary N) is 1. The predicted octanol–water partition coefficient (Wildman–Crippen LogP) is 3.67. The fraction of sp³-hybridized carbons (Fsp3) is 0.632. The second kappa shape index (κ2) is 9.75. The molecule has 0 saturated carbocycles. The Bertz CT molecular complexity index is 617. The zero-order valence-corrected chi connectivity index (χ0v) is 16.5. The monoisotopic (exact) mass is 408 g/mol. The summed E-state index contributed by atoms with van der Waals surface area (Å²) in [6.07, 6.45) is -2.74. The Morgan fingerprint density at radius 3 is 2.48 bits per heavy atom. The average molecular weight is 409 g/mol. The van der Waals surface area contributed by atoms with Crippen molar-refractivity contribution < 1.29 is 22.7 Å². The van der Waals surface area contributed by atoms with Crippen molar-refractivity contribution in [2.24, 2.45) is 11.7 Å². The van der Waals surface area contributed by atoms with Gasteiger partial charge in [0.25, 0.3) is 0 Å². The molecule has 1 aromatic rings. The summed E-state index contributed by atoms with van der Waals surface area (Å²) in [7, 11) is 0. The smallest absolute Gasteiger partial charge is 0.381 e. The van der Waals surface area contributed by atoms with E-state index in [1.165, 1.54) is 12.1 Å². The zero-order chi connectivity index (χ0) is 19.4. The summed E-state index contributed by atoms with van der Waals surface area (Å²) < 4.78 is 44.7. The molecule has 8 heteroatoms. The number of rotatable bonds is 6. The maximum absolute atomic E-state index is 13.1. The first-order chi connectivity index (χ1) is 12.1. The Hall–Kier alpha value is -1.31. The van der Waals surface area contributed by atoms with Crippen LogP contribution in [0.15, 0.2) is 24.3 Å². The van der Waals surface area contributed by atoms with Gasteiger partial charge in [0, 0.05) is 25.2 Å². The van der Waals surface area contributed by atoms with Gasteiger partial charge in [-0.1, -0.05) is 32.0 Å². The van der Waals surface area contributed by atoms with Crippen LogP contribution in [0, 0.1) is 5.92 Å². The number of halogens is 4. The number of carbonyl (C=O) groups is 1. The average Bonchev–Trinajstić information content (AvgIpc) is 2.59. The molecular weight excluding hydrogens is 381 g/mol. The Morgan fingerprint density at radius 2 is 1.93 bits per heavy atom. The number of hydrogen-bond acceptors (Lipinski definition) is 3. The molecule has 27 heavy (non-hydrogen) atoms. The van der Waals surface area contributed by atoms with Gasteiger partial charge in [-0.15, -0.1) is 12.4 Å². The van der Waals surface area contributed by atoms with E-state index in [1.807, 2.05) is 13.8 Å². The van der Waals surface area contributed by atoms with Crippen molar-refractivity contribution in [2.45, 2.75) is 50.7 Å². The van der Waals surface area contributed by atoms with E-state index in [0.717, 1.165) is 6.07 Å². The Labute approximate surface area is 164 Å². The lowest BCUT2D eigenvalue weighted by atomic mass is 9.73. The first-order valence-electron chi connectivity index (χ1n) is 8.93. The van der Waals surface area contributed by atoms with Gasteiger partial charge in [-0.3, -0.25) is 4.79 Å². The van der Waals surface area contributed by atoms with Crippen molar-refractivity contribution in [3.63, 3.8) is 0 Å². The first-order valence-corrected chi connectivity index (χ1v) is 8.93. The van der Waals surface area contributed by atoms with Gasteiger partial charge in [-0.05, 0) is 36.8 Å². The zero-order valence-electron chi connectivity index (χ0n) is 15.6. The Morgan fingerprint density at radius 1 is 1.30 bits per heavy atom. The highest BCUT2D eigenvalue weighted by atomic mass is 35.5. The molecule has 1 atom stereocenters. The normalized spacial score (nSPS) is 17.9. The van der Waals surface area contributed by atoms with Crippen molar-refractivity contribution in [3.8, 4) is 0 Å². The van der Waals surface area contributed by atoms with Gasteiger partial charge in [0.2, 0.25) is 5.91 Å². The van der Waals surface area contributed by atoms with Crippen LogP contribution in [-0.2, 0) is 21.1 Å². The fourth-order valence-electron chi connectivity index (χ4n) is 3.36. The van der Waals surface area contributed by atoms with Crippen LogP contribution in [0.5, 0.6) is 0 Å². The molecule has 0 radical (unpaired) electrons. The number of carbonyl (C=O) groups excluding carboxylic acids is 1. The minimum atomic E-state index is -4.40. The topological polar surface area (TPSA) is 64.4 Å². The lowest BCUT2D eigenvalue weighted by Crippen LogP contribution is -2.49. The van der Waals surface area contributed by atoms with E-state index in [-0.39, 0.29) is 30.8 Å². The molecule has 0 bridgehead atoms. The van der Waals surface area contributed by atoms with E-state index in [4.69, 9.17) is 10.5 Å². The van der Waals surface area contributed by atoms with Crippen LogP contribution < -0.4 is 11.1 Å². The van der Waals surface area contributed by atoms with Gasteiger partial charge < -0.3 is 15.8 Å². The minimum Gasteiger partial charge on any atom is -0.381 e. The van der Waals surface area contributed by atoms with Gasteiger partial charge in [0.15, 0.2) is 0 Å². The van der Waals surface area contributed by atoms with Crippen LogP contribution in [0.25, 0.3) is 0 Å². The van der Waals surface area contributed by atoms with E-state index >= 15 is 0 Å². The Kier molecular flexibility index (Phi) is 8.57. The predicted molar refractivity (Wildman–Crippen MR) is 101 cm³/mol. The lowest BCUT2D eigenvalue weighted by Gasteiger charge is -2.38. The third-order valence-electron chi connectivity index (χ3n) is 4.92. The van der Waals surface area contributed by atoms with Crippen LogP contribution in [0.3, 0.4) is 0 Å². The molecule has 4 nitrogen and oxygen atoms in total. The second-order valence-electron chi connectivity index (χ2n) is 7.43. The maximum atomic E-state index is 13.1. The number of nitrogens with one attached hydrogen (secondary N) is 1. The number of hydrogen-bond donors (Lipinski definition) is 2. The molecule has 1 fully saturated rings. The fourth-order valence-corrected chi connectivity index (χ4v) is 3.36. The van der Waals surface area contributed by atoms with Gasteiger partial charge in [0.1, 0.15) is 0 Å². The summed E-state index contributed by atoms with van der Waals surface area (Å²) in [4.78, 5) is 12.3.